The van der Waals surface area contributed by atoms with Gasteiger partial charge in [-0.1, -0.05) is 6.07 Å². The fraction of sp³-hybridized carbons (Fsp3) is 0.125. The number of hydrogen-bond donors (Lipinski definition) is 3. The van der Waals surface area contributed by atoms with E-state index in [2.05, 4.69) is 10.1 Å². The molecule has 3 aromatic rings. The minimum atomic E-state index is -4.94. The first-order valence-corrected chi connectivity index (χ1v) is 7.53. The van der Waals surface area contributed by atoms with Crippen molar-refractivity contribution in [2.45, 2.75) is 6.18 Å². The number of nitrogens with zero attached hydrogens (tertiary/aromatic N) is 3. The van der Waals surface area contributed by atoms with E-state index in [1.165, 1.54) is 0 Å². The summed E-state index contributed by atoms with van der Waals surface area (Å²) in [6, 6.07) is 3.43. The molecule has 0 atom stereocenters. The highest BCUT2D eigenvalue weighted by molar-refractivity contribution is 6.04. The first-order valence-electron chi connectivity index (χ1n) is 7.53. The zero-order valence-electron chi connectivity index (χ0n) is 14.1. The van der Waals surface area contributed by atoms with E-state index >= 15 is 0 Å². The highest BCUT2D eigenvalue weighted by Crippen LogP contribution is 2.37. The number of aromatic nitrogens is 3. The Morgan fingerprint density at radius 1 is 1.24 bits per heavy atom. The largest absolute Gasteiger partial charge is 0.507 e. The Balaban J connectivity index is 0.00000300. The molecule has 0 fully saturated rings. The number of pyridine rings is 1. The molecule has 0 spiro atoms. The molecular weight excluding hydrogens is 424 g/mol. The van der Waals surface area contributed by atoms with Gasteiger partial charge >= 0.3 is 12.1 Å². The third-order valence-electron chi connectivity index (χ3n) is 3.74. The zero-order chi connectivity index (χ0) is 20.6. The first-order chi connectivity index (χ1) is 13.1. The molecule has 13 heteroatoms. The number of carbonyl (C=O) groups excluding carboxylic acids is 1. The number of carboxylic acid groups (broad SMARTS) is 1. The van der Waals surface area contributed by atoms with E-state index in [4.69, 9.17) is 5.11 Å². The fourth-order valence-corrected chi connectivity index (χ4v) is 2.57. The summed E-state index contributed by atoms with van der Waals surface area (Å²) in [5, 5.41) is 24.6. The highest BCUT2D eigenvalue weighted by atomic mass is 35.5. The van der Waals surface area contributed by atoms with Crippen LogP contribution in [0.15, 0.2) is 30.6 Å². The van der Waals surface area contributed by atoms with Crippen molar-refractivity contribution in [3.63, 3.8) is 0 Å². The molecule has 0 bridgehead atoms. The van der Waals surface area contributed by atoms with Gasteiger partial charge in [-0.15, -0.1) is 12.4 Å². The number of aromatic hydroxyl groups is 1. The number of halogens is 5. The molecule has 3 rings (SSSR count). The lowest BCUT2D eigenvalue weighted by Crippen LogP contribution is -2.29. The number of fused-ring (bicyclic) bond motifs is 1. The molecule has 0 aliphatic rings. The van der Waals surface area contributed by atoms with E-state index in [1.807, 2.05) is 5.32 Å². The lowest BCUT2D eigenvalue weighted by atomic mass is 10.0. The Kier molecular flexibility index (Phi) is 5.97. The van der Waals surface area contributed by atoms with E-state index in [0.717, 1.165) is 29.0 Å². The van der Waals surface area contributed by atoms with Gasteiger partial charge in [-0.05, 0) is 12.1 Å². The van der Waals surface area contributed by atoms with Crippen molar-refractivity contribution in [2.24, 2.45) is 0 Å². The van der Waals surface area contributed by atoms with Crippen molar-refractivity contribution in [1.82, 2.24) is 19.9 Å². The average Bonchev–Trinajstić information content (AvgIpc) is 3.07. The van der Waals surface area contributed by atoms with E-state index in [9.17, 15) is 32.3 Å². The molecular formula is C16H11ClF4N4O4. The summed E-state index contributed by atoms with van der Waals surface area (Å²) in [6.45, 7) is -0.747. The van der Waals surface area contributed by atoms with Crippen molar-refractivity contribution >= 4 is 29.9 Å². The van der Waals surface area contributed by atoms with Crippen LogP contribution < -0.4 is 5.32 Å². The van der Waals surface area contributed by atoms with E-state index < -0.39 is 52.9 Å². The Morgan fingerprint density at radius 3 is 2.55 bits per heavy atom. The third-order valence-corrected chi connectivity index (χ3v) is 3.74. The minimum Gasteiger partial charge on any atom is -0.507 e. The highest BCUT2D eigenvalue weighted by Gasteiger charge is 2.35. The molecule has 0 saturated heterocycles. The van der Waals surface area contributed by atoms with Crippen LogP contribution in [0.3, 0.4) is 0 Å². The van der Waals surface area contributed by atoms with Crippen molar-refractivity contribution in [1.29, 1.82) is 0 Å². The van der Waals surface area contributed by atoms with Crippen LogP contribution in [0, 0.1) is 5.82 Å². The Labute approximate surface area is 165 Å². The van der Waals surface area contributed by atoms with E-state index in [-0.39, 0.29) is 23.7 Å². The Morgan fingerprint density at radius 2 is 1.93 bits per heavy atom. The number of hydrogen-bond acceptors (Lipinski definition) is 5. The molecule has 1 aromatic carbocycles. The standard InChI is InChI=1S/C16H10F4N4O4.ClH/c17-13-7(2-1-3-8(13)16(18,19)20)9-4-10(25)12(14-22-6-23-24(9)14)15(28)21-5-11(26)27;/h1-4,6,25H,5H2,(H,21,28)(H,26,27);1H. The van der Waals surface area contributed by atoms with Gasteiger partial charge in [-0.25, -0.2) is 13.9 Å². The average molecular weight is 435 g/mol. The molecule has 3 N–H and O–H groups in total. The van der Waals surface area contributed by atoms with Crippen LogP contribution in [0.2, 0.25) is 0 Å². The maximum absolute atomic E-state index is 14.5. The molecule has 8 nitrogen and oxygen atoms in total. The topological polar surface area (TPSA) is 117 Å². The second kappa shape index (κ2) is 7.91. The smallest absolute Gasteiger partial charge is 0.419 e. The normalized spacial score (nSPS) is 11.2. The molecule has 154 valence electrons. The molecule has 0 aliphatic heterocycles. The van der Waals surface area contributed by atoms with Crippen LogP contribution >= 0.6 is 12.4 Å². The maximum atomic E-state index is 14.5. The van der Waals surface area contributed by atoms with Gasteiger partial charge in [-0.2, -0.15) is 18.3 Å². The van der Waals surface area contributed by atoms with Gasteiger partial charge in [0.25, 0.3) is 5.91 Å². The van der Waals surface area contributed by atoms with Crippen LogP contribution in [0.5, 0.6) is 5.75 Å². The van der Waals surface area contributed by atoms with E-state index in [0.29, 0.717) is 6.07 Å². The zero-order valence-corrected chi connectivity index (χ0v) is 14.9. The van der Waals surface area contributed by atoms with Crippen LogP contribution in [0.1, 0.15) is 15.9 Å². The summed E-state index contributed by atoms with van der Waals surface area (Å²) < 4.78 is 54.3. The van der Waals surface area contributed by atoms with Crippen molar-refractivity contribution in [3.8, 4) is 17.0 Å². The molecule has 0 unspecified atom stereocenters. The number of amides is 1. The number of carboxylic acids is 1. The SMILES string of the molecule is Cl.O=C(O)CNC(=O)c1c(O)cc(-c2cccc(C(F)(F)F)c2F)n2ncnc12. The molecule has 1 amide bonds. The fourth-order valence-electron chi connectivity index (χ4n) is 2.57. The van der Waals surface area contributed by atoms with Gasteiger partial charge in [-0.3, -0.25) is 9.59 Å². The summed E-state index contributed by atoms with van der Waals surface area (Å²) in [7, 11) is 0. The van der Waals surface area contributed by atoms with Gasteiger partial charge < -0.3 is 15.5 Å². The number of benzene rings is 1. The van der Waals surface area contributed by atoms with Crippen LogP contribution in [-0.2, 0) is 11.0 Å². The maximum Gasteiger partial charge on any atom is 0.419 e. The number of rotatable bonds is 4. The molecule has 2 aromatic heterocycles. The van der Waals surface area contributed by atoms with Crippen LogP contribution in [-0.4, -0.2) is 43.2 Å². The quantitative estimate of drug-likeness (QED) is 0.543. The molecule has 0 saturated carbocycles. The lowest BCUT2D eigenvalue weighted by Gasteiger charge is -2.14. The Hall–Kier alpha value is -3.41. The predicted molar refractivity (Wildman–Crippen MR) is 92.3 cm³/mol. The number of carbonyl (C=O) groups is 2. The Bertz CT molecular complexity index is 1100. The second-order valence-electron chi connectivity index (χ2n) is 5.53. The monoisotopic (exact) mass is 434 g/mol. The van der Waals surface area contributed by atoms with Gasteiger partial charge in [0.1, 0.15) is 30.0 Å². The number of nitrogens with one attached hydrogen (secondary N) is 1. The van der Waals surface area contributed by atoms with Gasteiger partial charge in [0, 0.05) is 11.6 Å². The lowest BCUT2D eigenvalue weighted by molar-refractivity contribution is -0.140. The van der Waals surface area contributed by atoms with Crippen molar-refractivity contribution < 1.29 is 37.4 Å². The van der Waals surface area contributed by atoms with Gasteiger partial charge in [0.15, 0.2) is 5.65 Å². The first kappa shape index (κ1) is 21.9. The van der Waals surface area contributed by atoms with Gasteiger partial charge in [0.05, 0.1) is 11.3 Å². The molecule has 0 radical (unpaired) electrons. The third kappa shape index (κ3) is 4.06. The molecule has 29 heavy (non-hydrogen) atoms. The molecule has 2 heterocycles. The summed E-state index contributed by atoms with van der Waals surface area (Å²) in [5.41, 5.74) is -3.09. The molecule has 0 aliphatic carbocycles. The summed E-state index contributed by atoms with van der Waals surface area (Å²) in [6.07, 6.45) is -4.00. The number of aliphatic carboxylic acids is 1. The predicted octanol–water partition coefficient (Wildman–Crippen LogP) is 2.50. The van der Waals surface area contributed by atoms with Crippen LogP contribution in [0.4, 0.5) is 17.6 Å². The summed E-state index contributed by atoms with van der Waals surface area (Å²) in [4.78, 5) is 26.5. The van der Waals surface area contributed by atoms with E-state index in [1.54, 1.807) is 0 Å². The van der Waals surface area contributed by atoms with Gasteiger partial charge in [0.2, 0.25) is 0 Å². The van der Waals surface area contributed by atoms with Crippen molar-refractivity contribution in [3.05, 3.63) is 47.5 Å². The minimum absolute atomic E-state index is 0. The van der Waals surface area contributed by atoms with Crippen LogP contribution in [0.25, 0.3) is 16.9 Å². The summed E-state index contributed by atoms with van der Waals surface area (Å²) in [5.74, 6) is -4.67. The summed E-state index contributed by atoms with van der Waals surface area (Å²) >= 11 is 0. The number of alkyl halides is 3. The second-order valence-corrected chi connectivity index (χ2v) is 5.53. The van der Waals surface area contributed by atoms with Crippen molar-refractivity contribution in [2.75, 3.05) is 6.54 Å².